The van der Waals surface area contributed by atoms with Gasteiger partial charge in [-0.2, -0.15) is 0 Å². The molecule has 0 aliphatic rings. The molecule has 13 heavy (non-hydrogen) atoms. The van der Waals surface area contributed by atoms with Gasteiger partial charge in [0.2, 0.25) is 0 Å². The first-order chi connectivity index (χ1) is 6.11. The molecule has 1 atom stereocenters. The molecule has 1 rings (SSSR count). The normalized spacial score (nSPS) is 12.5. The van der Waals surface area contributed by atoms with Crippen molar-refractivity contribution in [3.63, 3.8) is 0 Å². The Bertz CT molecular complexity index is 331. The van der Waals surface area contributed by atoms with Crippen LogP contribution in [0.2, 0.25) is 0 Å². The molecule has 0 aromatic carbocycles. The number of nitrogens with zero attached hydrogens (tertiary/aromatic N) is 1. The molecule has 0 spiro atoms. The highest BCUT2D eigenvalue weighted by Crippen LogP contribution is 2.00. The molecule has 72 valence electrons. The number of rotatable bonds is 3. The minimum absolute atomic E-state index is 0.0596. The Balaban J connectivity index is 2.77. The van der Waals surface area contributed by atoms with Crippen molar-refractivity contribution >= 4 is 5.82 Å². The van der Waals surface area contributed by atoms with Crippen molar-refractivity contribution in [3.05, 3.63) is 28.6 Å². The molecule has 0 saturated carbocycles. The van der Waals surface area contributed by atoms with Gasteiger partial charge in [-0.1, -0.05) is 6.07 Å². The van der Waals surface area contributed by atoms with E-state index in [1.807, 2.05) is 0 Å². The summed E-state index contributed by atoms with van der Waals surface area (Å²) in [4.78, 5) is 11.1. The summed E-state index contributed by atoms with van der Waals surface area (Å²) in [5.41, 5.74) is -0.0596. The molecule has 1 heterocycles. The lowest BCUT2D eigenvalue weighted by atomic mass is 10.4. The first-order valence-corrected chi connectivity index (χ1v) is 4.19. The standard InChI is InChI=1S/C9H14N2O2/c1-7(12)6-10-8-4-3-5-9(13)11(8)2/h3-5,7,10,12H,6H2,1-2H3/t7-/m1/s1. The molecule has 0 amide bonds. The van der Waals surface area contributed by atoms with E-state index in [0.29, 0.717) is 12.4 Å². The van der Waals surface area contributed by atoms with E-state index in [9.17, 15) is 4.79 Å². The molecular formula is C9H14N2O2. The third kappa shape index (κ3) is 2.59. The van der Waals surface area contributed by atoms with Gasteiger partial charge in [-0.05, 0) is 13.0 Å². The first kappa shape index (κ1) is 9.80. The van der Waals surface area contributed by atoms with E-state index in [-0.39, 0.29) is 5.56 Å². The van der Waals surface area contributed by atoms with Crippen molar-refractivity contribution in [2.24, 2.45) is 7.05 Å². The predicted octanol–water partition coefficient (Wildman–Crippen LogP) is 0.178. The van der Waals surface area contributed by atoms with Crippen LogP contribution in [0.5, 0.6) is 0 Å². The molecule has 0 aliphatic heterocycles. The Hall–Kier alpha value is -1.29. The maximum atomic E-state index is 11.1. The fraction of sp³-hybridized carbons (Fsp3) is 0.444. The second-order valence-corrected chi connectivity index (χ2v) is 3.04. The van der Waals surface area contributed by atoms with Gasteiger partial charge < -0.3 is 10.4 Å². The van der Waals surface area contributed by atoms with Crippen LogP contribution in [0.1, 0.15) is 6.92 Å². The van der Waals surface area contributed by atoms with Gasteiger partial charge in [0, 0.05) is 19.7 Å². The van der Waals surface area contributed by atoms with Crippen LogP contribution in [0.3, 0.4) is 0 Å². The van der Waals surface area contributed by atoms with Gasteiger partial charge in [-0.15, -0.1) is 0 Å². The molecule has 4 heteroatoms. The molecule has 0 fully saturated rings. The zero-order valence-corrected chi connectivity index (χ0v) is 7.82. The number of hydrogen-bond donors (Lipinski definition) is 2. The van der Waals surface area contributed by atoms with Crippen LogP contribution in [0, 0.1) is 0 Å². The Morgan fingerprint density at radius 3 is 2.92 bits per heavy atom. The molecule has 0 aliphatic carbocycles. The van der Waals surface area contributed by atoms with Crippen LogP contribution < -0.4 is 10.9 Å². The van der Waals surface area contributed by atoms with Crippen molar-refractivity contribution in [2.75, 3.05) is 11.9 Å². The zero-order valence-electron chi connectivity index (χ0n) is 7.82. The topological polar surface area (TPSA) is 54.3 Å². The predicted molar refractivity (Wildman–Crippen MR) is 51.9 cm³/mol. The molecule has 4 nitrogen and oxygen atoms in total. The van der Waals surface area contributed by atoms with Gasteiger partial charge in [0.15, 0.2) is 0 Å². The number of aliphatic hydroxyl groups is 1. The maximum Gasteiger partial charge on any atom is 0.251 e. The minimum Gasteiger partial charge on any atom is -0.392 e. The highest BCUT2D eigenvalue weighted by molar-refractivity contribution is 5.35. The summed E-state index contributed by atoms with van der Waals surface area (Å²) >= 11 is 0. The largest absolute Gasteiger partial charge is 0.392 e. The number of aromatic nitrogens is 1. The number of hydrogen-bond acceptors (Lipinski definition) is 3. The van der Waals surface area contributed by atoms with E-state index in [2.05, 4.69) is 5.32 Å². The Morgan fingerprint density at radius 1 is 1.62 bits per heavy atom. The van der Waals surface area contributed by atoms with Crippen molar-refractivity contribution in [1.82, 2.24) is 4.57 Å². The smallest absolute Gasteiger partial charge is 0.251 e. The summed E-state index contributed by atoms with van der Waals surface area (Å²) in [6.07, 6.45) is -0.421. The van der Waals surface area contributed by atoms with E-state index in [4.69, 9.17) is 5.11 Å². The summed E-state index contributed by atoms with van der Waals surface area (Å²) in [5, 5.41) is 12.0. The Kier molecular flexibility index (Phi) is 3.08. The Morgan fingerprint density at radius 2 is 2.31 bits per heavy atom. The summed E-state index contributed by atoms with van der Waals surface area (Å²) in [6, 6.07) is 4.98. The van der Waals surface area contributed by atoms with Crippen LogP contribution in [0.25, 0.3) is 0 Å². The molecule has 1 aromatic rings. The highest BCUT2D eigenvalue weighted by Gasteiger charge is 1.99. The number of pyridine rings is 1. The monoisotopic (exact) mass is 182 g/mol. The van der Waals surface area contributed by atoms with E-state index >= 15 is 0 Å². The second kappa shape index (κ2) is 4.09. The third-order valence-electron chi connectivity index (χ3n) is 1.76. The van der Waals surface area contributed by atoms with Gasteiger partial charge in [0.25, 0.3) is 5.56 Å². The summed E-state index contributed by atoms with van der Waals surface area (Å²) in [7, 11) is 1.69. The second-order valence-electron chi connectivity index (χ2n) is 3.04. The average molecular weight is 182 g/mol. The third-order valence-corrected chi connectivity index (χ3v) is 1.76. The Labute approximate surface area is 76.8 Å². The van der Waals surface area contributed by atoms with E-state index in [0.717, 1.165) is 0 Å². The van der Waals surface area contributed by atoms with Crippen molar-refractivity contribution in [1.29, 1.82) is 0 Å². The van der Waals surface area contributed by atoms with Crippen LogP contribution in [0.4, 0.5) is 5.82 Å². The SMILES string of the molecule is C[C@@H](O)CNc1cccc(=O)n1C. The van der Waals surface area contributed by atoms with Gasteiger partial charge >= 0.3 is 0 Å². The number of nitrogens with one attached hydrogen (secondary N) is 1. The van der Waals surface area contributed by atoms with Crippen molar-refractivity contribution < 1.29 is 5.11 Å². The van der Waals surface area contributed by atoms with Gasteiger partial charge in [0.1, 0.15) is 5.82 Å². The van der Waals surface area contributed by atoms with Crippen LogP contribution >= 0.6 is 0 Å². The number of anilines is 1. The molecule has 0 saturated heterocycles. The molecule has 1 aromatic heterocycles. The molecule has 0 radical (unpaired) electrons. The van der Waals surface area contributed by atoms with Crippen LogP contribution in [-0.4, -0.2) is 22.3 Å². The van der Waals surface area contributed by atoms with E-state index in [1.54, 1.807) is 26.1 Å². The van der Waals surface area contributed by atoms with Gasteiger partial charge in [-0.3, -0.25) is 9.36 Å². The lowest BCUT2D eigenvalue weighted by molar-refractivity contribution is 0.208. The molecule has 2 N–H and O–H groups in total. The van der Waals surface area contributed by atoms with Gasteiger partial charge in [-0.25, -0.2) is 0 Å². The first-order valence-electron chi connectivity index (χ1n) is 4.19. The van der Waals surface area contributed by atoms with Gasteiger partial charge in [0.05, 0.1) is 6.10 Å². The summed E-state index contributed by atoms with van der Waals surface area (Å²) in [6.45, 7) is 2.13. The summed E-state index contributed by atoms with van der Waals surface area (Å²) < 4.78 is 1.50. The molecular weight excluding hydrogens is 168 g/mol. The van der Waals surface area contributed by atoms with E-state index in [1.165, 1.54) is 10.6 Å². The van der Waals surface area contributed by atoms with Crippen molar-refractivity contribution in [2.45, 2.75) is 13.0 Å². The van der Waals surface area contributed by atoms with Crippen LogP contribution in [0.15, 0.2) is 23.0 Å². The van der Waals surface area contributed by atoms with Crippen molar-refractivity contribution in [3.8, 4) is 0 Å². The quantitative estimate of drug-likeness (QED) is 0.701. The highest BCUT2D eigenvalue weighted by atomic mass is 16.3. The molecule has 0 bridgehead atoms. The summed E-state index contributed by atoms with van der Waals surface area (Å²) in [5.74, 6) is 0.716. The number of aliphatic hydroxyl groups excluding tert-OH is 1. The maximum absolute atomic E-state index is 11.1. The zero-order chi connectivity index (χ0) is 9.84. The fourth-order valence-electron chi connectivity index (χ4n) is 0.994. The lowest BCUT2D eigenvalue weighted by Crippen LogP contribution is -2.22. The lowest BCUT2D eigenvalue weighted by Gasteiger charge is -2.11. The average Bonchev–Trinajstić information content (AvgIpc) is 2.07. The van der Waals surface area contributed by atoms with Crippen LogP contribution in [-0.2, 0) is 7.05 Å². The van der Waals surface area contributed by atoms with E-state index < -0.39 is 6.10 Å². The minimum atomic E-state index is -0.421. The fourth-order valence-corrected chi connectivity index (χ4v) is 0.994. The molecule has 0 unspecified atom stereocenters.